The molecule has 4 aromatic carbocycles. The smallest absolute Gasteiger partial charge is 0.344 e. The molecule has 0 aliphatic carbocycles. The third kappa shape index (κ3) is 2.00. The molecule has 2 heteroatoms. The highest BCUT2D eigenvalue weighted by Gasteiger charge is 2.35. The average molecular weight is 313 g/mol. The molecule has 1 aliphatic heterocycles. The Hall–Kier alpha value is -2.84. The number of quaternary nitrogens is 1. The standard InChI is InChI=1S/C22H17NO/c1-14-7-11-18-17(13-14)9-8-15-10-12-19-21(20(15)18)24-22(23-19)16-5-3-2-4-6-16/h2-13,22-23H,1H3/p+2. The summed E-state index contributed by atoms with van der Waals surface area (Å²) in [4.78, 5) is 0. The first-order valence-electron chi connectivity index (χ1n) is 8.36. The van der Waals surface area contributed by atoms with Crippen LogP contribution in [0.2, 0.25) is 0 Å². The lowest BCUT2D eigenvalue weighted by Crippen LogP contribution is -2.77. The van der Waals surface area contributed by atoms with Crippen LogP contribution in [0.15, 0.2) is 72.8 Å². The van der Waals surface area contributed by atoms with Gasteiger partial charge in [0.25, 0.3) is 0 Å². The molecule has 0 fully saturated rings. The lowest BCUT2D eigenvalue weighted by atomic mass is 9.99. The summed E-state index contributed by atoms with van der Waals surface area (Å²) in [6.07, 6.45) is 0.118. The van der Waals surface area contributed by atoms with Gasteiger partial charge in [0.1, 0.15) is 5.56 Å². The van der Waals surface area contributed by atoms with E-state index in [-0.39, 0.29) is 6.23 Å². The SMILES string of the molecule is Cc1ccc2c(ccc3ccc4c(c32)[OH+]C(c2ccccc2)[NH2+]4)c1. The number of aryl methyl sites for hydroxylation is 1. The first-order valence-corrected chi connectivity index (χ1v) is 8.36. The number of ether oxygens (including phenoxy) is 1. The molecule has 0 bridgehead atoms. The summed E-state index contributed by atoms with van der Waals surface area (Å²) in [5, 5.41) is 7.39. The summed E-state index contributed by atoms with van der Waals surface area (Å²) in [7, 11) is 0. The zero-order valence-corrected chi connectivity index (χ0v) is 13.5. The largest absolute Gasteiger partial charge is 0.531 e. The van der Waals surface area contributed by atoms with Crippen molar-refractivity contribution in [2.24, 2.45) is 0 Å². The van der Waals surface area contributed by atoms with Gasteiger partial charge in [0.05, 0.1) is 5.39 Å². The molecule has 5 rings (SSSR count). The van der Waals surface area contributed by atoms with Crippen molar-refractivity contribution in [3.05, 3.63) is 83.9 Å². The molecule has 1 unspecified atom stereocenters. The number of aliphatic hydroxyl groups is 1. The van der Waals surface area contributed by atoms with Crippen LogP contribution in [0.25, 0.3) is 21.5 Å². The average Bonchev–Trinajstić information content (AvgIpc) is 3.06. The minimum absolute atomic E-state index is 0.118. The lowest BCUT2D eigenvalue weighted by Gasteiger charge is -2.07. The van der Waals surface area contributed by atoms with E-state index < -0.39 is 0 Å². The molecule has 116 valence electrons. The van der Waals surface area contributed by atoms with Gasteiger partial charge in [-0.05, 0) is 41.3 Å². The van der Waals surface area contributed by atoms with E-state index in [4.69, 9.17) is 4.74 Å². The fraction of sp³-hybridized carbons (Fsp3) is 0.0909. The summed E-state index contributed by atoms with van der Waals surface area (Å²) in [5.41, 5.74) is 3.78. The van der Waals surface area contributed by atoms with Crippen molar-refractivity contribution >= 4 is 27.2 Å². The fourth-order valence-corrected chi connectivity index (χ4v) is 3.71. The molecule has 3 N–H and O–H groups in total. The fourth-order valence-electron chi connectivity index (χ4n) is 3.71. The lowest BCUT2D eigenvalue weighted by molar-refractivity contribution is -0.657. The summed E-state index contributed by atoms with van der Waals surface area (Å²) >= 11 is 0. The van der Waals surface area contributed by atoms with E-state index in [0.29, 0.717) is 0 Å². The van der Waals surface area contributed by atoms with Crippen LogP contribution < -0.4 is 5.32 Å². The number of fused-ring (bicyclic) bond motifs is 5. The first kappa shape index (κ1) is 13.6. The van der Waals surface area contributed by atoms with Crippen LogP contribution >= 0.6 is 0 Å². The number of rotatable bonds is 1. The highest BCUT2D eigenvalue weighted by atomic mass is 16.5. The maximum Gasteiger partial charge on any atom is 0.344 e. The Morgan fingerprint density at radius 1 is 0.833 bits per heavy atom. The molecule has 1 aliphatic rings. The second-order valence-electron chi connectivity index (χ2n) is 6.54. The van der Waals surface area contributed by atoms with Gasteiger partial charge in [0.2, 0.25) is 5.69 Å². The number of benzene rings is 4. The monoisotopic (exact) mass is 313 g/mol. The molecule has 0 radical (unpaired) electrons. The zero-order chi connectivity index (χ0) is 16.1. The molecule has 0 saturated heterocycles. The Morgan fingerprint density at radius 2 is 1.62 bits per heavy atom. The third-order valence-electron chi connectivity index (χ3n) is 4.91. The van der Waals surface area contributed by atoms with Crippen molar-refractivity contribution in [2.75, 3.05) is 0 Å². The minimum atomic E-state index is 0.118. The second kappa shape index (κ2) is 5.08. The van der Waals surface area contributed by atoms with Crippen molar-refractivity contribution in [3.63, 3.8) is 0 Å². The van der Waals surface area contributed by atoms with E-state index in [2.05, 4.69) is 85.0 Å². The number of hydrogen-bond donors (Lipinski definition) is 1. The molecule has 0 saturated carbocycles. The minimum Gasteiger partial charge on any atom is -0.531 e. The summed E-state index contributed by atoms with van der Waals surface area (Å²) in [6, 6.07) is 26.0. The van der Waals surface area contributed by atoms with Crippen molar-refractivity contribution in [1.29, 1.82) is 0 Å². The van der Waals surface area contributed by atoms with Crippen LogP contribution in [0.1, 0.15) is 17.4 Å². The van der Waals surface area contributed by atoms with E-state index in [1.54, 1.807) is 0 Å². The van der Waals surface area contributed by atoms with E-state index in [1.165, 1.54) is 38.4 Å². The molecule has 24 heavy (non-hydrogen) atoms. The van der Waals surface area contributed by atoms with E-state index in [1.807, 2.05) is 0 Å². The maximum atomic E-state index is 5.07. The van der Waals surface area contributed by atoms with E-state index >= 15 is 0 Å². The predicted molar refractivity (Wildman–Crippen MR) is 98.6 cm³/mol. The van der Waals surface area contributed by atoms with Crippen molar-refractivity contribution in [1.82, 2.24) is 0 Å². The van der Waals surface area contributed by atoms with Crippen LogP contribution in [0, 0.1) is 6.92 Å². The van der Waals surface area contributed by atoms with Gasteiger partial charge in [-0.2, -0.15) is 0 Å². The predicted octanol–water partition coefficient (Wildman–Crippen LogP) is 4.45. The molecular weight excluding hydrogens is 294 g/mol. The quantitative estimate of drug-likeness (QED) is 0.233. The zero-order valence-electron chi connectivity index (χ0n) is 13.5. The van der Waals surface area contributed by atoms with E-state index in [9.17, 15) is 0 Å². The van der Waals surface area contributed by atoms with Gasteiger partial charge in [-0.15, -0.1) is 0 Å². The molecule has 2 nitrogen and oxygen atoms in total. The van der Waals surface area contributed by atoms with Gasteiger partial charge >= 0.3 is 12.0 Å². The van der Waals surface area contributed by atoms with Gasteiger partial charge in [-0.25, -0.2) is 5.32 Å². The Bertz CT molecular complexity index is 1070. The molecule has 4 aromatic rings. The van der Waals surface area contributed by atoms with Gasteiger partial charge < -0.3 is 4.74 Å². The Kier molecular flexibility index (Phi) is 2.88. The van der Waals surface area contributed by atoms with Crippen molar-refractivity contribution < 1.29 is 10.1 Å². The number of aromatic hydroxyl groups is 1. The molecule has 0 aromatic heterocycles. The third-order valence-corrected chi connectivity index (χ3v) is 4.91. The van der Waals surface area contributed by atoms with Crippen LogP contribution in [-0.2, 0) is 0 Å². The van der Waals surface area contributed by atoms with E-state index in [0.717, 1.165) is 5.75 Å². The van der Waals surface area contributed by atoms with Gasteiger partial charge in [-0.3, -0.25) is 0 Å². The van der Waals surface area contributed by atoms with Crippen LogP contribution in [0.5, 0.6) is 5.75 Å². The first-order chi connectivity index (χ1) is 11.8. The highest BCUT2D eigenvalue weighted by molar-refractivity contribution is 6.12. The van der Waals surface area contributed by atoms with Crippen LogP contribution in [-0.4, -0.2) is 4.74 Å². The summed E-state index contributed by atoms with van der Waals surface area (Å²) < 4.78 is 5.07. The highest BCUT2D eigenvalue weighted by Crippen LogP contribution is 2.42. The second-order valence-corrected chi connectivity index (χ2v) is 6.54. The van der Waals surface area contributed by atoms with Gasteiger partial charge in [0, 0.05) is 6.07 Å². The summed E-state index contributed by atoms with van der Waals surface area (Å²) in [5.74, 6) is 1.14. The van der Waals surface area contributed by atoms with Crippen LogP contribution in [0.3, 0.4) is 0 Å². The van der Waals surface area contributed by atoms with Crippen molar-refractivity contribution in [2.45, 2.75) is 13.2 Å². The molecule has 1 atom stereocenters. The molecule has 1 heterocycles. The van der Waals surface area contributed by atoms with Crippen LogP contribution in [0.4, 0.5) is 5.69 Å². The molecule has 0 amide bonds. The van der Waals surface area contributed by atoms with Crippen molar-refractivity contribution in [3.8, 4) is 5.75 Å². The normalized spacial score (nSPS) is 16.3. The number of nitrogens with two attached hydrogens (primary N) is 1. The molecule has 0 spiro atoms. The Labute approximate surface area is 140 Å². The Balaban J connectivity index is 1.73. The summed E-state index contributed by atoms with van der Waals surface area (Å²) in [6.45, 7) is 2.14. The Morgan fingerprint density at radius 3 is 2.50 bits per heavy atom. The van der Waals surface area contributed by atoms with Gasteiger partial charge in [-0.1, -0.05) is 54.1 Å². The number of hydrogen-bond acceptors (Lipinski definition) is 0. The van der Waals surface area contributed by atoms with Gasteiger partial charge in [0.15, 0.2) is 0 Å². The molecular formula is C22H19NO+2. The topological polar surface area (TPSA) is 29.4 Å². The maximum absolute atomic E-state index is 5.07.